The van der Waals surface area contributed by atoms with Crippen LogP contribution < -0.4 is 0 Å². The maximum Gasteiger partial charge on any atom is 0.320 e. The van der Waals surface area contributed by atoms with E-state index in [0.29, 0.717) is 13.0 Å². The quantitative estimate of drug-likeness (QED) is 0.799. The molecule has 0 radical (unpaired) electrons. The average molecular weight is 242 g/mol. The molecule has 1 fully saturated rings. The van der Waals surface area contributed by atoms with Crippen LogP contribution in [0.1, 0.15) is 39.5 Å². The van der Waals surface area contributed by atoms with Crippen molar-refractivity contribution in [3.63, 3.8) is 0 Å². The lowest BCUT2D eigenvalue weighted by Crippen LogP contribution is -2.45. The monoisotopic (exact) mass is 242 g/mol. The normalized spacial score (nSPS) is 15.4. The van der Waals surface area contributed by atoms with Crippen molar-refractivity contribution in [3.8, 4) is 0 Å². The van der Waals surface area contributed by atoms with Gasteiger partial charge in [-0.05, 0) is 33.1 Å². The molecule has 0 atom stereocenters. The van der Waals surface area contributed by atoms with Crippen LogP contribution >= 0.6 is 0 Å². The molecule has 1 aliphatic rings. The van der Waals surface area contributed by atoms with Gasteiger partial charge in [0.2, 0.25) is 0 Å². The Kier molecular flexibility index (Phi) is 5.25. The molecule has 1 heterocycles. The molecule has 98 valence electrons. The summed E-state index contributed by atoms with van der Waals surface area (Å²) < 4.78 is 0. The van der Waals surface area contributed by atoms with Crippen molar-refractivity contribution in [3.05, 3.63) is 0 Å². The van der Waals surface area contributed by atoms with Crippen LogP contribution in [0.5, 0.6) is 0 Å². The molecule has 1 N–H and O–H groups in total. The minimum Gasteiger partial charge on any atom is -0.481 e. The lowest BCUT2D eigenvalue weighted by Gasteiger charge is -2.31. The number of carboxylic acid groups (broad SMARTS) is 1. The molecule has 0 saturated carbocycles. The molecule has 1 rings (SSSR count). The van der Waals surface area contributed by atoms with Crippen LogP contribution in [0.3, 0.4) is 0 Å². The molecule has 1 saturated heterocycles. The van der Waals surface area contributed by atoms with Gasteiger partial charge in [0.15, 0.2) is 0 Å². The fourth-order valence-corrected chi connectivity index (χ4v) is 2.07. The molecule has 2 amide bonds. The molecule has 5 nitrogen and oxygen atoms in total. The third kappa shape index (κ3) is 4.24. The summed E-state index contributed by atoms with van der Waals surface area (Å²) >= 11 is 0. The van der Waals surface area contributed by atoms with Gasteiger partial charge < -0.3 is 14.9 Å². The lowest BCUT2D eigenvalue weighted by atomic mass is 10.2. The predicted octanol–water partition coefficient (Wildman–Crippen LogP) is 1.78. The highest BCUT2D eigenvalue weighted by molar-refractivity contribution is 5.75. The van der Waals surface area contributed by atoms with Crippen molar-refractivity contribution in [2.24, 2.45) is 0 Å². The summed E-state index contributed by atoms with van der Waals surface area (Å²) in [5, 5.41) is 8.60. The number of amides is 2. The van der Waals surface area contributed by atoms with Crippen molar-refractivity contribution >= 4 is 12.0 Å². The molecule has 5 heteroatoms. The third-order valence-corrected chi connectivity index (χ3v) is 3.04. The molecule has 0 aliphatic carbocycles. The Morgan fingerprint density at radius 3 is 2.35 bits per heavy atom. The SMILES string of the molecule is CC(C)N(CCCC(=O)O)C(=O)N1CCCC1. The first-order valence-corrected chi connectivity index (χ1v) is 6.29. The van der Waals surface area contributed by atoms with Crippen molar-refractivity contribution in [2.75, 3.05) is 19.6 Å². The van der Waals surface area contributed by atoms with E-state index in [9.17, 15) is 9.59 Å². The zero-order valence-corrected chi connectivity index (χ0v) is 10.7. The van der Waals surface area contributed by atoms with Gasteiger partial charge in [-0.2, -0.15) is 0 Å². The Balaban J connectivity index is 2.46. The summed E-state index contributed by atoms with van der Waals surface area (Å²) in [7, 11) is 0. The van der Waals surface area contributed by atoms with Crippen LogP contribution in [0.4, 0.5) is 4.79 Å². The second-order valence-corrected chi connectivity index (χ2v) is 4.76. The van der Waals surface area contributed by atoms with Crippen molar-refractivity contribution < 1.29 is 14.7 Å². The number of carbonyl (C=O) groups excluding carboxylic acids is 1. The molecule has 0 aromatic rings. The van der Waals surface area contributed by atoms with Crippen molar-refractivity contribution in [1.29, 1.82) is 0 Å². The van der Waals surface area contributed by atoms with E-state index in [1.165, 1.54) is 0 Å². The zero-order chi connectivity index (χ0) is 12.8. The van der Waals surface area contributed by atoms with E-state index >= 15 is 0 Å². The Morgan fingerprint density at radius 1 is 1.29 bits per heavy atom. The number of nitrogens with zero attached hydrogens (tertiary/aromatic N) is 2. The summed E-state index contributed by atoms with van der Waals surface area (Å²) in [5.41, 5.74) is 0. The fourth-order valence-electron chi connectivity index (χ4n) is 2.07. The second kappa shape index (κ2) is 6.47. The fraction of sp³-hybridized carbons (Fsp3) is 0.833. The summed E-state index contributed by atoms with van der Waals surface area (Å²) in [5.74, 6) is -0.803. The molecule has 0 aromatic carbocycles. The second-order valence-electron chi connectivity index (χ2n) is 4.76. The van der Waals surface area contributed by atoms with E-state index < -0.39 is 5.97 Å². The van der Waals surface area contributed by atoms with E-state index in [0.717, 1.165) is 25.9 Å². The molecule has 0 unspecified atom stereocenters. The largest absolute Gasteiger partial charge is 0.481 e. The Hall–Kier alpha value is -1.26. The number of carboxylic acids is 1. The van der Waals surface area contributed by atoms with E-state index in [2.05, 4.69) is 0 Å². The molecule has 17 heavy (non-hydrogen) atoms. The van der Waals surface area contributed by atoms with Gasteiger partial charge in [0.05, 0.1) is 0 Å². The van der Waals surface area contributed by atoms with Crippen LogP contribution in [0.2, 0.25) is 0 Å². The van der Waals surface area contributed by atoms with Gasteiger partial charge in [-0.3, -0.25) is 4.79 Å². The number of urea groups is 1. The van der Waals surface area contributed by atoms with Crippen LogP contribution in [-0.2, 0) is 4.79 Å². The average Bonchev–Trinajstić information content (AvgIpc) is 2.75. The standard InChI is InChI=1S/C12H22N2O3/c1-10(2)14(9-5-6-11(15)16)12(17)13-7-3-4-8-13/h10H,3-9H2,1-2H3,(H,15,16). The van der Waals surface area contributed by atoms with Gasteiger partial charge >= 0.3 is 12.0 Å². The summed E-state index contributed by atoms with van der Waals surface area (Å²) in [6.07, 6.45) is 2.79. The van der Waals surface area contributed by atoms with Gasteiger partial charge in [-0.1, -0.05) is 0 Å². The highest BCUT2D eigenvalue weighted by Crippen LogP contribution is 2.13. The molecule has 0 aromatic heterocycles. The highest BCUT2D eigenvalue weighted by Gasteiger charge is 2.25. The van der Waals surface area contributed by atoms with E-state index in [1.807, 2.05) is 18.7 Å². The van der Waals surface area contributed by atoms with Crippen LogP contribution in [0, 0.1) is 0 Å². The minimum absolute atomic E-state index is 0.0582. The topological polar surface area (TPSA) is 60.9 Å². The third-order valence-electron chi connectivity index (χ3n) is 3.04. The molecule has 0 spiro atoms. The van der Waals surface area contributed by atoms with Crippen LogP contribution in [0.15, 0.2) is 0 Å². The summed E-state index contributed by atoms with van der Waals surface area (Å²) in [4.78, 5) is 26.3. The van der Waals surface area contributed by atoms with Gasteiger partial charge in [-0.25, -0.2) is 4.79 Å². The van der Waals surface area contributed by atoms with Gasteiger partial charge in [0.25, 0.3) is 0 Å². The zero-order valence-electron chi connectivity index (χ0n) is 10.7. The number of aliphatic carboxylic acids is 1. The predicted molar refractivity (Wildman–Crippen MR) is 64.9 cm³/mol. The lowest BCUT2D eigenvalue weighted by molar-refractivity contribution is -0.137. The van der Waals surface area contributed by atoms with Crippen molar-refractivity contribution in [2.45, 2.75) is 45.6 Å². The Labute approximate surface area is 102 Å². The van der Waals surface area contributed by atoms with Gasteiger partial charge in [0, 0.05) is 32.1 Å². The van der Waals surface area contributed by atoms with Crippen molar-refractivity contribution in [1.82, 2.24) is 9.80 Å². The molecular formula is C12H22N2O3. The van der Waals surface area contributed by atoms with E-state index in [4.69, 9.17) is 5.11 Å². The maximum absolute atomic E-state index is 12.2. The molecular weight excluding hydrogens is 220 g/mol. The minimum atomic E-state index is -0.803. The summed E-state index contributed by atoms with van der Waals surface area (Å²) in [6, 6.07) is 0.180. The first-order valence-electron chi connectivity index (χ1n) is 6.29. The van der Waals surface area contributed by atoms with Gasteiger partial charge in [0.1, 0.15) is 0 Å². The maximum atomic E-state index is 12.2. The van der Waals surface area contributed by atoms with Crippen LogP contribution in [0.25, 0.3) is 0 Å². The Bertz CT molecular complexity index is 273. The highest BCUT2D eigenvalue weighted by atomic mass is 16.4. The number of hydrogen-bond donors (Lipinski definition) is 1. The number of rotatable bonds is 5. The smallest absolute Gasteiger partial charge is 0.320 e. The first-order chi connectivity index (χ1) is 8.02. The molecule has 0 bridgehead atoms. The number of likely N-dealkylation sites (tertiary alicyclic amines) is 1. The van der Waals surface area contributed by atoms with E-state index in [1.54, 1.807) is 4.90 Å². The van der Waals surface area contributed by atoms with Crippen LogP contribution in [-0.4, -0.2) is 52.6 Å². The van der Waals surface area contributed by atoms with E-state index in [-0.39, 0.29) is 18.5 Å². The Morgan fingerprint density at radius 2 is 1.88 bits per heavy atom. The summed E-state index contributed by atoms with van der Waals surface area (Å²) in [6.45, 7) is 6.13. The first kappa shape index (κ1) is 13.8. The number of carbonyl (C=O) groups is 2. The van der Waals surface area contributed by atoms with Gasteiger partial charge in [-0.15, -0.1) is 0 Å². The number of hydrogen-bond acceptors (Lipinski definition) is 2. The molecule has 1 aliphatic heterocycles.